The number of fused-ring (bicyclic) bond motifs is 1. The molecule has 1 saturated carbocycles. The van der Waals surface area contributed by atoms with Gasteiger partial charge in [-0.3, -0.25) is 4.79 Å². The summed E-state index contributed by atoms with van der Waals surface area (Å²) in [5, 5.41) is 9.91. The average molecular weight is 340 g/mol. The number of piperidine rings is 1. The Morgan fingerprint density at radius 1 is 1.16 bits per heavy atom. The van der Waals surface area contributed by atoms with Gasteiger partial charge in [0.1, 0.15) is 5.56 Å². The molecule has 2 fully saturated rings. The number of nitrogens with zero attached hydrogens (tertiary/aromatic N) is 2. The van der Waals surface area contributed by atoms with Gasteiger partial charge in [0, 0.05) is 36.4 Å². The molecule has 0 bridgehead atoms. The van der Waals surface area contributed by atoms with Crippen molar-refractivity contribution < 1.29 is 9.90 Å². The second-order valence-electron chi connectivity index (χ2n) is 7.59. The van der Waals surface area contributed by atoms with E-state index in [1.54, 1.807) is 6.20 Å². The number of aromatic carboxylic acids is 1. The van der Waals surface area contributed by atoms with E-state index in [1.807, 2.05) is 16.7 Å². The smallest absolute Gasteiger partial charge is 0.341 e. The fourth-order valence-electron chi connectivity index (χ4n) is 4.00. The molecule has 0 unspecified atom stereocenters. The van der Waals surface area contributed by atoms with Gasteiger partial charge in [0.15, 0.2) is 0 Å². The Kier molecular flexibility index (Phi) is 3.82. The van der Waals surface area contributed by atoms with Crippen molar-refractivity contribution >= 4 is 22.6 Å². The number of aryl methyl sites for hydroxylation is 1. The number of rotatable bonds is 3. The highest BCUT2D eigenvalue weighted by Crippen LogP contribution is 2.39. The highest BCUT2D eigenvalue weighted by atomic mass is 16.4. The van der Waals surface area contributed by atoms with Crippen molar-refractivity contribution in [1.29, 1.82) is 0 Å². The van der Waals surface area contributed by atoms with Crippen LogP contribution in [0, 0.1) is 12.8 Å². The van der Waals surface area contributed by atoms with Gasteiger partial charge in [0.2, 0.25) is 5.43 Å². The molecule has 1 saturated heterocycles. The van der Waals surface area contributed by atoms with E-state index in [0.717, 1.165) is 42.9 Å². The first-order valence-corrected chi connectivity index (χ1v) is 9.14. The lowest BCUT2D eigenvalue weighted by Gasteiger charge is -2.33. The van der Waals surface area contributed by atoms with Crippen LogP contribution in [0.1, 0.15) is 54.6 Å². The number of hydrogen-bond donors (Lipinski definition) is 1. The van der Waals surface area contributed by atoms with Gasteiger partial charge in [-0.2, -0.15) is 0 Å². The molecule has 0 atom stereocenters. The lowest BCUT2D eigenvalue weighted by atomic mass is 9.97. The molecule has 0 amide bonds. The normalized spacial score (nSPS) is 18.7. The van der Waals surface area contributed by atoms with E-state index in [-0.39, 0.29) is 11.0 Å². The van der Waals surface area contributed by atoms with E-state index in [4.69, 9.17) is 0 Å². The van der Waals surface area contributed by atoms with Gasteiger partial charge >= 0.3 is 5.97 Å². The number of carbonyl (C=O) groups is 1. The fraction of sp³-hybridized carbons (Fsp3) is 0.500. The van der Waals surface area contributed by atoms with E-state index >= 15 is 0 Å². The molecule has 4 rings (SSSR count). The van der Waals surface area contributed by atoms with E-state index in [1.165, 1.54) is 18.5 Å². The minimum absolute atomic E-state index is 0.127. The predicted octanol–water partition coefficient (Wildman–Crippen LogP) is 3.58. The van der Waals surface area contributed by atoms with Crippen LogP contribution in [-0.4, -0.2) is 28.7 Å². The molecular weight excluding hydrogens is 316 g/mol. The van der Waals surface area contributed by atoms with Crippen molar-refractivity contribution in [2.75, 3.05) is 18.0 Å². The first-order valence-electron chi connectivity index (χ1n) is 9.14. The van der Waals surface area contributed by atoms with Crippen molar-refractivity contribution in [2.45, 2.75) is 45.6 Å². The molecule has 2 heterocycles. The molecule has 25 heavy (non-hydrogen) atoms. The molecule has 5 heteroatoms. The van der Waals surface area contributed by atoms with Crippen LogP contribution in [0.25, 0.3) is 10.9 Å². The standard InChI is InChI=1S/C20H24N2O3/c1-12-7-9-21(10-8-12)17-6-5-15-18(13(17)2)22(14-3-4-14)11-16(19(15)23)20(24)25/h5-6,11-12,14H,3-4,7-10H2,1-2H3,(H,24,25). The van der Waals surface area contributed by atoms with Crippen molar-refractivity contribution in [3.05, 3.63) is 39.7 Å². The summed E-state index contributed by atoms with van der Waals surface area (Å²) in [6.45, 7) is 6.43. The highest BCUT2D eigenvalue weighted by Gasteiger charge is 2.28. The quantitative estimate of drug-likeness (QED) is 0.928. The van der Waals surface area contributed by atoms with Crippen LogP contribution in [0.15, 0.2) is 23.1 Å². The maximum atomic E-state index is 12.6. The summed E-state index contributed by atoms with van der Waals surface area (Å²) in [6.07, 6.45) is 6.01. The Hall–Kier alpha value is -2.30. The number of aromatic nitrogens is 1. The summed E-state index contributed by atoms with van der Waals surface area (Å²) >= 11 is 0. The molecule has 1 aromatic heterocycles. The number of pyridine rings is 1. The SMILES string of the molecule is Cc1c(N2CCC(C)CC2)ccc2c(=O)c(C(=O)O)cn(C3CC3)c12. The van der Waals surface area contributed by atoms with Crippen LogP contribution in [0.4, 0.5) is 5.69 Å². The Morgan fingerprint density at radius 2 is 1.84 bits per heavy atom. The topological polar surface area (TPSA) is 62.5 Å². The minimum atomic E-state index is -1.15. The van der Waals surface area contributed by atoms with Crippen molar-refractivity contribution in [3.8, 4) is 0 Å². The number of benzene rings is 1. The van der Waals surface area contributed by atoms with Crippen molar-refractivity contribution in [1.82, 2.24) is 4.57 Å². The highest BCUT2D eigenvalue weighted by molar-refractivity contribution is 5.95. The molecular formula is C20H24N2O3. The lowest BCUT2D eigenvalue weighted by molar-refractivity contribution is 0.0695. The van der Waals surface area contributed by atoms with Gasteiger partial charge in [0.25, 0.3) is 0 Å². The Morgan fingerprint density at radius 3 is 2.44 bits per heavy atom. The fourth-order valence-corrected chi connectivity index (χ4v) is 4.00. The maximum absolute atomic E-state index is 12.6. The molecule has 1 aliphatic heterocycles. The van der Waals surface area contributed by atoms with Crippen molar-refractivity contribution in [2.24, 2.45) is 5.92 Å². The Labute approximate surface area is 146 Å². The molecule has 1 aliphatic carbocycles. The van der Waals surface area contributed by atoms with Crippen molar-refractivity contribution in [3.63, 3.8) is 0 Å². The largest absolute Gasteiger partial charge is 0.477 e. The summed E-state index contributed by atoms with van der Waals surface area (Å²) in [4.78, 5) is 26.5. The molecule has 2 aromatic rings. The molecule has 2 aliphatic rings. The summed E-state index contributed by atoms with van der Waals surface area (Å²) in [6, 6.07) is 4.14. The summed E-state index contributed by atoms with van der Waals surface area (Å²) in [5.41, 5.74) is 2.68. The first-order chi connectivity index (χ1) is 12.0. The summed E-state index contributed by atoms with van der Waals surface area (Å²) < 4.78 is 2.03. The third-order valence-electron chi connectivity index (χ3n) is 5.71. The first kappa shape index (κ1) is 16.2. The second kappa shape index (κ2) is 5.90. The lowest BCUT2D eigenvalue weighted by Crippen LogP contribution is -2.33. The van der Waals surface area contributed by atoms with Gasteiger partial charge in [-0.25, -0.2) is 4.79 Å². The third-order valence-corrected chi connectivity index (χ3v) is 5.71. The van der Waals surface area contributed by atoms with Crippen LogP contribution in [-0.2, 0) is 0 Å². The molecule has 1 aromatic carbocycles. The zero-order valence-electron chi connectivity index (χ0n) is 14.8. The van der Waals surface area contributed by atoms with Crippen LogP contribution >= 0.6 is 0 Å². The zero-order valence-corrected chi connectivity index (χ0v) is 14.8. The molecule has 5 nitrogen and oxygen atoms in total. The van der Waals surface area contributed by atoms with E-state index in [2.05, 4.69) is 18.7 Å². The zero-order chi connectivity index (χ0) is 17.7. The van der Waals surface area contributed by atoms with Gasteiger partial charge in [0.05, 0.1) is 5.52 Å². The predicted molar refractivity (Wildman–Crippen MR) is 98.8 cm³/mol. The molecule has 0 radical (unpaired) electrons. The van der Waals surface area contributed by atoms with Crippen LogP contribution in [0.3, 0.4) is 0 Å². The van der Waals surface area contributed by atoms with Gasteiger partial charge in [-0.1, -0.05) is 6.92 Å². The van der Waals surface area contributed by atoms with Crippen LogP contribution in [0.5, 0.6) is 0 Å². The monoisotopic (exact) mass is 340 g/mol. The summed E-state index contributed by atoms with van der Waals surface area (Å²) in [5.74, 6) is -0.382. The number of carboxylic acid groups (broad SMARTS) is 1. The number of carboxylic acids is 1. The van der Waals surface area contributed by atoms with E-state index in [0.29, 0.717) is 11.4 Å². The van der Waals surface area contributed by atoms with E-state index < -0.39 is 5.97 Å². The number of anilines is 1. The number of hydrogen-bond acceptors (Lipinski definition) is 3. The molecule has 132 valence electrons. The van der Waals surface area contributed by atoms with E-state index in [9.17, 15) is 14.7 Å². The van der Waals surface area contributed by atoms with Gasteiger partial charge in [-0.05, 0) is 56.2 Å². The Bertz CT molecular complexity index is 903. The summed E-state index contributed by atoms with van der Waals surface area (Å²) in [7, 11) is 0. The molecule has 0 spiro atoms. The average Bonchev–Trinajstić information content (AvgIpc) is 3.41. The minimum Gasteiger partial charge on any atom is -0.477 e. The van der Waals surface area contributed by atoms with Gasteiger partial charge < -0.3 is 14.6 Å². The van der Waals surface area contributed by atoms with Crippen LogP contribution in [0.2, 0.25) is 0 Å². The van der Waals surface area contributed by atoms with Gasteiger partial charge in [-0.15, -0.1) is 0 Å². The maximum Gasteiger partial charge on any atom is 0.341 e. The molecule has 1 N–H and O–H groups in total. The second-order valence-corrected chi connectivity index (χ2v) is 7.59. The third kappa shape index (κ3) is 2.71. The Balaban J connectivity index is 1.91. The van der Waals surface area contributed by atoms with Crippen LogP contribution < -0.4 is 10.3 Å².